The Bertz CT molecular complexity index is 2290. The molecule has 14 nitrogen and oxygen atoms in total. The van der Waals surface area contributed by atoms with Crippen LogP contribution in [0.4, 0.5) is 11.4 Å². The molecule has 0 aromatic heterocycles. The molecule has 61 heavy (non-hydrogen) atoms. The number of benzene rings is 5. The maximum Gasteiger partial charge on any atom is 0.343 e. The van der Waals surface area contributed by atoms with E-state index in [9.17, 15) is 19.2 Å². The van der Waals surface area contributed by atoms with Gasteiger partial charge in [-0.25, -0.2) is 9.59 Å². The zero-order chi connectivity index (χ0) is 43.9. The Labute approximate surface area is 355 Å². The van der Waals surface area contributed by atoms with Gasteiger partial charge in [-0.3, -0.25) is 9.59 Å². The van der Waals surface area contributed by atoms with Crippen LogP contribution in [0.2, 0.25) is 0 Å². The molecule has 0 aliphatic heterocycles. The molecule has 5 rings (SSSR count). The Morgan fingerprint density at radius 2 is 0.934 bits per heavy atom. The van der Waals surface area contributed by atoms with Gasteiger partial charge in [0.15, 0.2) is 0 Å². The lowest BCUT2D eigenvalue weighted by atomic mass is 10.1. The third-order valence-electron chi connectivity index (χ3n) is 9.54. The van der Waals surface area contributed by atoms with Gasteiger partial charge in [-0.15, -0.1) is 0 Å². The summed E-state index contributed by atoms with van der Waals surface area (Å²) in [4.78, 5) is 52.2. The normalized spacial score (nSPS) is 11.7. The van der Waals surface area contributed by atoms with Gasteiger partial charge in [0, 0.05) is 50.6 Å². The van der Waals surface area contributed by atoms with E-state index in [0.717, 1.165) is 0 Å². The largest absolute Gasteiger partial charge is 0.496 e. The number of amides is 2. The second kappa shape index (κ2) is 21.9. The van der Waals surface area contributed by atoms with Gasteiger partial charge in [0.2, 0.25) is 0 Å². The average Bonchev–Trinajstić information content (AvgIpc) is 3.27. The first kappa shape index (κ1) is 45.2. The van der Waals surface area contributed by atoms with Crippen molar-refractivity contribution in [2.45, 2.75) is 45.8 Å². The summed E-state index contributed by atoms with van der Waals surface area (Å²) in [6, 6.07) is 27.0. The molecular weight excluding hydrogens is 785 g/mol. The Balaban J connectivity index is 1.11. The molecule has 0 bridgehead atoms. The Hall–Kier alpha value is -6.90. The molecule has 0 radical (unpaired) electrons. The highest BCUT2D eigenvalue weighted by molar-refractivity contribution is 6.07. The van der Waals surface area contributed by atoms with Crippen molar-refractivity contribution in [3.8, 4) is 34.5 Å². The molecule has 0 aliphatic rings. The van der Waals surface area contributed by atoms with Crippen molar-refractivity contribution >= 4 is 35.1 Å². The molecule has 14 heteroatoms. The number of hydrogen-bond donors (Lipinski definition) is 2. The Morgan fingerprint density at radius 1 is 0.508 bits per heavy atom. The van der Waals surface area contributed by atoms with Crippen LogP contribution in [0, 0.1) is 6.92 Å². The third-order valence-corrected chi connectivity index (χ3v) is 9.54. The zero-order valence-electron chi connectivity index (χ0n) is 35.2. The highest BCUT2D eigenvalue weighted by Crippen LogP contribution is 2.29. The number of aryl methyl sites for hydroxylation is 1. The van der Waals surface area contributed by atoms with Crippen LogP contribution < -0.4 is 39.1 Å². The molecule has 320 valence electrons. The van der Waals surface area contributed by atoms with E-state index in [1.54, 1.807) is 87.9 Å². The van der Waals surface area contributed by atoms with Gasteiger partial charge in [-0.05, 0) is 117 Å². The van der Waals surface area contributed by atoms with Crippen LogP contribution in [0.1, 0.15) is 73.7 Å². The number of anilines is 2. The first-order chi connectivity index (χ1) is 29.4. The van der Waals surface area contributed by atoms with E-state index in [1.807, 2.05) is 13.8 Å². The first-order valence-electron chi connectivity index (χ1n) is 19.5. The number of carbonyl (C=O) groups is 4. The molecule has 0 aliphatic carbocycles. The monoisotopic (exact) mass is 834 g/mol. The summed E-state index contributed by atoms with van der Waals surface area (Å²) in [7, 11) is 6.23. The molecule has 5 aromatic carbocycles. The van der Waals surface area contributed by atoms with Crippen molar-refractivity contribution in [2.75, 3.05) is 52.3 Å². The van der Waals surface area contributed by atoms with Crippen LogP contribution in [-0.2, 0) is 9.47 Å². The Morgan fingerprint density at radius 3 is 1.34 bits per heavy atom. The summed E-state index contributed by atoms with van der Waals surface area (Å²) in [5.74, 6) is 0.272. The van der Waals surface area contributed by atoms with Crippen LogP contribution in [0.25, 0.3) is 0 Å². The van der Waals surface area contributed by atoms with Gasteiger partial charge in [0.05, 0.1) is 61.9 Å². The number of nitrogens with one attached hydrogen (secondary N) is 2. The summed E-state index contributed by atoms with van der Waals surface area (Å²) in [5, 5.41) is 5.62. The minimum atomic E-state index is -0.626. The molecule has 0 heterocycles. The summed E-state index contributed by atoms with van der Waals surface area (Å²) >= 11 is 0. The Kier molecular flexibility index (Phi) is 16.2. The topological polar surface area (TPSA) is 166 Å². The van der Waals surface area contributed by atoms with Gasteiger partial charge < -0.3 is 48.5 Å². The number of carbonyl (C=O) groups excluding carboxylic acids is 4. The zero-order valence-corrected chi connectivity index (χ0v) is 35.2. The summed E-state index contributed by atoms with van der Waals surface area (Å²) in [5.41, 5.74) is 2.57. The maximum atomic E-state index is 13.1. The molecule has 2 amide bonds. The van der Waals surface area contributed by atoms with Gasteiger partial charge in [0.25, 0.3) is 11.8 Å². The summed E-state index contributed by atoms with van der Waals surface area (Å²) in [6.45, 7) is 6.51. The van der Waals surface area contributed by atoms with Crippen LogP contribution in [0.5, 0.6) is 34.5 Å². The fraction of sp³-hybridized carbons (Fsp3) is 0.277. The molecule has 2 N–H and O–H groups in total. The van der Waals surface area contributed by atoms with E-state index < -0.39 is 23.8 Å². The van der Waals surface area contributed by atoms with Crippen molar-refractivity contribution in [1.29, 1.82) is 0 Å². The fourth-order valence-corrected chi connectivity index (χ4v) is 5.72. The smallest absolute Gasteiger partial charge is 0.343 e. The molecule has 2 atom stereocenters. The van der Waals surface area contributed by atoms with Crippen molar-refractivity contribution in [3.63, 3.8) is 0 Å². The van der Waals surface area contributed by atoms with Crippen molar-refractivity contribution < 1.29 is 57.1 Å². The number of hydrogen-bond acceptors (Lipinski definition) is 12. The summed E-state index contributed by atoms with van der Waals surface area (Å²) < 4.78 is 44.1. The first-order valence-corrected chi connectivity index (χ1v) is 19.5. The van der Waals surface area contributed by atoms with E-state index in [0.29, 0.717) is 77.1 Å². The molecular formula is C47H50N2O12. The maximum absolute atomic E-state index is 13.1. The molecule has 2 unspecified atom stereocenters. The van der Waals surface area contributed by atoms with Crippen LogP contribution in [0.15, 0.2) is 103 Å². The second-order valence-corrected chi connectivity index (χ2v) is 13.9. The van der Waals surface area contributed by atoms with E-state index in [-0.39, 0.29) is 34.8 Å². The number of esters is 2. The van der Waals surface area contributed by atoms with Crippen LogP contribution in [0.3, 0.4) is 0 Å². The van der Waals surface area contributed by atoms with Gasteiger partial charge in [-0.1, -0.05) is 0 Å². The lowest BCUT2D eigenvalue weighted by Gasteiger charge is -2.14. The lowest BCUT2D eigenvalue weighted by molar-refractivity contribution is 0.0718. The van der Waals surface area contributed by atoms with Gasteiger partial charge in [0.1, 0.15) is 34.5 Å². The molecule has 0 spiro atoms. The van der Waals surface area contributed by atoms with E-state index in [2.05, 4.69) is 10.6 Å². The summed E-state index contributed by atoms with van der Waals surface area (Å²) in [6.07, 6.45) is 1.53. The minimum Gasteiger partial charge on any atom is -0.496 e. The molecule has 5 aromatic rings. The molecule has 0 saturated carbocycles. The predicted molar refractivity (Wildman–Crippen MR) is 229 cm³/mol. The van der Waals surface area contributed by atoms with Gasteiger partial charge >= 0.3 is 11.9 Å². The highest BCUT2D eigenvalue weighted by atomic mass is 16.5. The fourth-order valence-electron chi connectivity index (χ4n) is 5.72. The quantitative estimate of drug-likeness (QED) is 0.0568. The number of methoxy groups -OCH3 is 4. The van der Waals surface area contributed by atoms with Crippen molar-refractivity contribution in [3.05, 3.63) is 131 Å². The van der Waals surface area contributed by atoms with Gasteiger partial charge in [-0.2, -0.15) is 0 Å². The SMILES string of the molecule is COc1cc(OCCC(C)OC)ccc1C(=O)Nc1ccc(C(=O)Oc2ccc(OC(=O)c3ccc(NC(=O)c4ccc(OCCC(C)OC)cc4OC)cc3)c(C)c2)cc1. The van der Waals surface area contributed by atoms with Crippen LogP contribution >= 0.6 is 0 Å². The minimum absolute atomic E-state index is 0.0589. The van der Waals surface area contributed by atoms with Crippen molar-refractivity contribution in [2.24, 2.45) is 0 Å². The standard InChI is InChI=1S/C47H50N2O12/c1-29-26-38(60-46(52)32-8-12-34(13-9-32)48-44(50)39-19-16-36(27-42(39)56-6)58-24-22-30(2)54-4)18-21-41(29)61-47(53)33-10-14-35(15-11-33)49-45(51)40-20-17-37(28-43(40)57-7)59-25-23-31(3)55-5/h8-21,26-28,30-31H,22-25H2,1-7H3,(H,48,50)(H,49,51). The number of rotatable bonds is 20. The van der Waals surface area contributed by atoms with Crippen LogP contribution in [-0.4, -0.2) is 77.6 Å². The van der Waals surface area contributed by atoms with E-state index in [1.165, 1.54) is 50.6 Å². The molecule has 0 saturated heterocycles. The second-order valence-electron chi connectivity index (χ2n) is 13.9. The van der Waals surface area contributed by atoms with E-state index >= 15 is 0 Å². The highest BCUT2D eigenvalue weighted by Gasteiger charge is 2.18. The van der Waals surface area contributed by atoms with Crippen molar-refractivity contribution in [1.82, 2.24) is 0 Å². The molecule has 0 fully saturated rings. The van der Waals surface area contributed by atoms with E-state index in [4.69, 9.17) is 37.9 Å². The predicted octanol–water partition coefficient (Wildman–Crippen LogP) is 8.56. The third kappa shape index (κ3) is 12.8. The lowest BCUT2D eigenvalue weighted by Crippen LogP contribution is -2.14. The average molecular weight is 835 g/mol. The number of ether oxygens (including phenoxy) is 8.